The average Bonchev–Trinajstić information content (AvgIpc) is 2.97. The molecule has 0 amide bonds. The second kappa shape index (κ2) is 22.5. The summed E-state index contributed by atoms with van der Waals surface area (Å²) in [5.74, 6) is 0.959. The summed E-state index contributed by atoms with van der Waals surface area (Å²) in [6.45, 7) is 5.26. The van der Waals surface area contributed by atoms with Crippen LogP contribution in [-0.4, -0.2) is 12.4 Å². The van der Waals surface area contributed by atoms with Crippen LogP contribution in [0.15, 0.2) is 54.6 Å². The topological polar surface area (TPSA) is 26.3 Å². The molecule has 2 rings (SSSR count). The fourth-order valence-corrected chi connectivity index (χ4v) is 5.04. The Morgan fingerprint density at radius 3 is 1.74 bits per heavy atom. The maximum atomic E-state index is 12.6. The van der Waals surface area contributed by atoms with Gasteiger partial charge < -0.3 is 4.74 Å². The Morgan fingerprint density at radius 1 is 0.641 bits per heavy atom. The maximum Gasteiger partial charge on any atom is 0.185 e. The summed E-state index contributed by atoms with van der Waals surface area (Å²) in [5, 5.41) is 0. The number of rotatable bonds is 24. The predicted octanol–water partition coefficient (Wildman–Crippen LogP) is 11.6. The van der Waals surface area contributed by atoms with Crippen molar-refractivity contribution in [3.63, 3.8) is 0 Å². The number of hydrogen-bond donors (Lipinski definition) is 0. The zero-order valence-corrected chi connectivity index (χ0v) is 25.2. The van der Waals surface area contributed by atoms with Crippen LogP contribution in [-0.2, 0) is 6.42 Å². The van der Waals surface area contributed by atoms with E-state index in [-0.39, 0.29) is 5.78 Å². The number of ether oxygens (including phenoxy) is 1. The van der Waals surface area contributed by atoms with Crippen molar-refractivity contribution in [2.75, 3.05) is 6.61 Å². The van der Waals surface area contributed by atoms with Gasteiger partial charge in [-0.3, -0.25) is 4.79 Å². The minimum atomic E-state index is 0.0529. The Labute approximate surface area is 240 Å². The highest BCUT2D eigenvalue weighted by Crippen LogP contribution is 2.17. The normalized spacial score (nSPS) is 11.3. The van der Waals surface area contributed by atoms with Crippen LogP contribution in [0.5, 0.6) is 5.75 Å². The SMILES string of the molecule is CCCCCCCCCCCCCCCCCCOc1ccc(C=CC(=O)c2cccc(CCCC)c2)cc1. The Balaban J connectivity index is 1.47. The van der Waals surface area contributed by atoms with E-state index in [1.165, 1.54) is 102 Å². The van der Waals surface area contributed by atoms with Crippen molar-refractivity contribution in [1.82, 2.24) is 0 Å². The molecule has 0 N–H and O–H groups in total. The molecular weight excluding hydrogens is 476 g/mol. The van der Waals surface area contributed by atoms with Gasteiger partial charge in [0.1, 0.15) is 5.75 Å². The van der Waals surface area contributed by atoms with Crippen molar-refractivity contribution in [3.05, 3.63) is 71.3 Å². The van der Waals surface area contributed by atoms with E-state index < -0.39 is 0 Å². The molecule has 2 aromatic carbocycles. The molecule has 0 saturated heterocycles. The first-order chi connectivity index (χ1) is 19.2. The first-order valence-corrected chi connectivity index (χ1v) is 16.3. The summed E-state index contributed by atoms with van der Waals surface area (Å²) >= 11 is 0. The number of ketones is 1. The van der Waals surface area contributed by atoms with Gasteiger partial charge >= 0.3 is 0 Å². The molecule has 0 heterocycles. The molecule has 0 bridgehead atoms. The largest absolute Gasteiger partial charge is 0.494 e. The number of unbranched alkanes of at least 4 members (excludes halogenated alkanes) is 16. The Hall–Kier alpha value is -2.35. The van der Waals surface area contributed by atoms with Gasteiger partial charge in [0.15, 0.2) is 5.78 Å². The van der Waals surface area contributed by atoms with Crippen LogP contribution in [0.4, 0.5) is 0 Å². The van der Waals surface area contributed by atoms with Crippen molar-refractivity contribution in [3.8, 4) is 5.75 Å². The molecule has 39 heavy (non-hydrogen) atoms. The lowest BCUT2D eigenvalue weighted by Crippen LogP contribution is -1.97. The van der Waals surface area contributed by atoms with Gasteiger partial charge in [0.2, 0.25) is 0 Å². The highest BCUT2D eigenvalue weighted by atomic mass is 16.5. The molecule has 0 radical (unpaired) electrons. The molecule has 0 spiro atoms. The van der Waals surface area contributed by atoms with E-state index in [0.717, 1.165) is 49.2 Å². The highest BCUT2D eigenvalue weighted by molar-refractivity contribution is 6.06. The average molecular weight is 533 g/mol. The number of hydrogen-bond acceptors (Lipinski definition) is 2. The fraction of sp³-hybridized carbons (Fsp3) is 0.595. The quantitative estimate of drug-likeness (QED) is 0.0763. The molecule has 0 aliphatic rings. The third-order valence-corrected chi connectivity index (χ3v) is 7.60. The van der Waals surface area contributed by atoms with E-state index in [1.54, 1.807) is 6.08 Å². The van der Waals surface area contributed by atoms with Crippen molar-refractivity contribution >= 4 is 11.9 Å². The molecule has 0 aliphatic carbocycles. The van der Waals surface area contributed by atoms with Crippen LogP contribution in [0.2, 0.25) is 0 Å². The van der Waals surface area contributed by atoms with Gasteiger partial charge in [-0.25, -0.2) is 0 Å². The van der Waals surface area contributed by atoms with Gasteiger partial charge in [0.05, 0.1) is 6.61 Å². The van der Waals surface area contributed by atoms with Gasteiger partial charge in [0.25, 0.3) is 0 Å². The first kappa shape index (κ1) is 32.9. The summed E-state index contributed by atoms with van der Waals surface area (Å²) in [6.07, 6.45) is 29.0. The van der Waals surface area contributed by atoms with Crippen LogP contribution in [0.25, 0.3) is 6.08 Å². The van der Waals surface area contributed by atoms with E-state index >= 15 is 0 Å². The van der Waals surface area contributed by atoms with E-state index in [1.807, 2.05) is 48.5 Å². The fourth-order valence-electron chi connectivity index (χ4n) is 5.04. The zero-order valence-electron chi connectivity index (χ0n) is 25.2. The summed E-state index contributed by atoms with van der Waals surface area (Å²) in [5.41, 5.74) is 3.01. The lowest BCUT2D eigenvalue weighted by atomic mass is 10.0. The second-order valence-electron chi connectivity index (χ2n) is 11.2. The smallest absolute Gasteiger partial charge is 0.185 e. The minimum Gasteiger partial charge on any atom is -0.494 e. The van der Waals surface area contributed by atoms with Gasteiger partial charge in [0, 0.05) is 5.56 Å². The Kier molecular flexibility index (Phi) is 18.9. The first-order valence-electron chi connectivity index (χ1n) is 16.3. The molecule has 2 heteroatoms. The van der Waals surface area contributed by atoms with Gasteiger partial charge in [-0.2, -0.15) is 0 Å². The number of allylic oxidation sites excluding steroid dienone is 1. The zero-order chi connectivity index (χ0) is 27.8. The van der Waals surface area contributed by atoms with Crippen LogP contribution in [0.1, 0.15) is 151 Å². The third-order valence-electron chi connectivity index (χ3n) is 7.60. The number of carbonyl (C=O) groups excluding carboxylic acids is 1. The molecule has 216 valence electrons. The summed E-state index contributed by atoms with van der Waals surface area (Å²) < 4.78 is 5.93. The highest BCUT2D eigenvalue weighted by Gasteiger charge is 2.03. The minimum absolute atomic E-state index is 0.0529. The Morgan fingerprint density at radius 2 is 1.18 bits per heavy atom. The van der Waals surface area contributed by atoms with Crippen molar-refractivity contribution < 1.29 is 9.53 Å². The standard InChI is InChI=1S/C37H56O2/c1-3-5-7-8-9-10-11-12-13-14-15-16-17-18-19-20-31-39-36-28-25-33(26-29-36)27-30-37(38)35-24-21-23-34(32-35)22-6-4-2/h21,23-30,32H,3-20,22,31H2,1-2H3. The molecular formula is C37H56O2. The summed E-state index contributed by atoms with van der Waals surface area (Å²) in [4.78, 5) is 12.6. The van der Waals surface area contributed by atoms with Gasteiger partial charge in [-0.15, -0.1) is 0 Å². The van der Waals surface area contributed by atoms with Crippen LogP contribution < -0.4 is 4.74 Å². The van der Waals surface area contributed by atoms with Gasteiger partial charge in [-0.05, 0) is 54.7 Å². The molecule has 0 atom stereocenters. The molecule has 2 nitrogen and oxygen atoms in total. The lowest BCUT2D eigenvalue weighted by molar-refractivity contribution is 0.104. The van der Waals surface area contributed by atoms with Crippen LogP contribution >= 0.6 is 0 Å². The van der Waals surface area contributed by atoms with E-state index in [4.69, 9.17) is 4.74 Å². The van der Waals surface area contributed by atoms with Crippen molar-refractivity contribution in [2.45, 2.75) is 136 Å². The molecule has 0 unspecified atom stereocenters. The van der Waals surface area contributed by atoms with E-state index in [9.17, 15) is 4.79 Å². The van der Waals surface area contributed by atoms with Crippen molar-refractivity contribution in [1.29, 1.82) is 0 Å². The summed E-state index contributed by atoms with van der Waals surface area (Å²) in [6, 6.07) is 16.1. The molecule has 2 aromatic rings. The predicted molar refractivity (Wildman–Crippen MR) is 170 cm³/mol. The third kappa shape index (κ3) is 16.4. The number of aryl methyl sites for hydroxylation is 1. The lowest BCUT2D eigenvalue weighted by Gasteiger charge is -2.07. The molecule has 0 saturated carbocycles. The monoisotopic (exact) mass is 532 g/mol. The Bertz CT molecular complexity index is 896. The van der Waals surface area contributed by atoms with E-state index in [2.05, 4.69) is 19.9 Å². The molecule has 0 aromatic heterocycles. The second-order valence-corrected chi connectivity index (χ2v) is 11.2. The van der Waals surface area contributed by atoms with Crippen LogP contribution in [0, 0.1) is 0 Å². The van der Waals surface area contributed by atoms with Gasteiger partial charge in [-0.1, -0.05) is 153 Å². The summed E-state index contributed by atoms with van der Waals surface area (Å²) in [7, 11) is 0. The van der Waals surface area contributed by atoms with E-state index in [0.29, 0.717) is 0 Å². The number of benzene rings is 2. The van der Waals surface area contributed by atoms with Crippen LogP contribution in [0.3, 0.4) is 0 Å². The molecule has 0 fully saturated rings. The van der Waals surface area contributed by atoms with Crippen molar-refractivity contribution in [2.24, 2.45) is 0 Å². The number of carbonyl (C=O) groups is 1. The maximum absolute atomic E-state index is 12.6. The molecule has 0 aliphatic heterocycles.